The van der Waals surface area contributed by atoms with Crippen molar-refractivity contribution < 1.29 is 31.4 Å². The van der Waals surface area contributed by atoms with Crippen molar-refractivity contribution in [3.05, 3.63) is 29.1 Å². The third-order valence-electron chi connectivity index (χ3n) is 5.72. The number of aromatic hydroxyl groups is 1. The summed E-state index contributed by atoms with van der Waals surface area (Å²) in [6.07, 6.45) is 0. The van der Waals surface area contributed by atoms with Crippen LogP contribution >= 0.6 is 11.3 Å². The fourth-order valence-electron chi connectivity index (χ4n) is 3.92. The van der Waals surface area contributed by atoms with Crippen molar-refractivity contribution in [3.63, 3.8) is 0 Å². The molecular weight excluding hydrogens is 542 g/mol. The number of hydrogen-bond acceptors (Lipinski definition) is 10. The predicted octanol–water partition coefficient (Wildman–Crippen LogP) is 3.06. The number of benzene rings is 1. The molecule has 2 aliphatic rings. The highest BCUT2D eigenvalue weighted by Crippen LogP contribution is 2.42. The van der Waals surface area contributed by atoms with Gasteiger partial charge in [-0.2, -0.15) is 12.7 Å². The fraction of sp³-hybridized carbons (Fsp3) is 0.455. The van der Waals surface area contributed by atoms with E-state index in [1.807, 2.05) is 26.8 Å². The molecule has 0 spiro atoms. The summed E-state index contributed by atoms with van der Waals surface area (Å²) < 4.78 is 68.3. The van der Waals surface area contributed by atoms with E-state index in [4.69, 9.17) is 9.47 Å². The van der Waals surface area contributed by atoms with Crippen molar-refractivity contribution in [2.45, 2.75) is 44.9 Å². The maximum atomic E-state index is 12.9. The van der Waals surface area contributed by atoms with Gasteiger partial charge in [0, 0.05) is 18.5 Å². The standard InChI is InChI=1S/C22H29N5O7S3/c1-6-27(7-2)36(29,30)21-17(28)14(11-35-21)23-19-20(26-37(31,32)25-19)24-18(22(3,4)5)13-8-9-15-16(10-13)34-12-33-15/h8-11,18,28H,6-7,12H2,1-5H3,(H,23,25)(H,24,26)/t18-/m0/s1. The molecule has 0 fully saturated rings. The second kappa shape index (κ2) is 9.78. The highest BCUT2D eigenvalue weighted by molar-refractivity contribution is 7.91. The first-order valence-corrected chi connectivity index (χ1v) is 15.2. The monoisotopic (exact) mass is 571 g/mol. The Morgan fingerprint density at radius 2 is 1.92 bits per heavy atom. The molecule has 3 heterocycles. The van der Waals surface area contributed by atoms with E-state index in [-0.39, 0.29) is 41.5 Å². The molecule has 0 radical (unpaired) electrons. The molecule has 2 aromatic rings. The minimum atomic E-state index is -4.11. The van der Waals surface area contributed by atoms with Crippen molar-refractivity contribution in [3.8, 4) is 17.2 Å². The lowest BCUT2D eigenvalue weighted by Gasteiger charge is -2.28. The minimum Gasteiger partial charge on any atom is -0.504 e. The second-order valence-corrected chi connectivity index (χ2v) is 13.7. The lowest BCUT2D eigenvalue weighted by Crippen LogP contribution is -2.32. The van der Waals surface area contributed by atoms with Gasteiger partial charge >= 0.3 is 10.2 Å². The smallest absolute Gasteiger partial charge is 0.345 e. The van der Waals surface area contributed by atoms with E-state index >= 15 is 0 Å². The number of amidine groups is 2. The van der Waals surface area contributed by atoms with Crippen LogP contribution in [0.4, 0.5) is 5.69 Å². The molecule has 0 saturated carbocycles. The van der Waals surface area contributed by atoms with Crippen molar-refractivity contribution >= 4 is 48.9 Å². The predicted molar refractivity (Wildman–Crippen MR) is 141 cm³/mol. The Labute approximate surface area is 220 Å². The van der Waals surface area contributed by atoms with E-state index in [0.29, 0.717) is 11.5 Å². The maximum absolute atomic E-state index is 12.9. The van der Waals surface area contributed by atoms with Crippen LogP contribution in [-0.2, 0) is 20.2 Å². The average molecular weight is 572 g/mol. The molecule has 4 rings (SSSR count). The van der Waals surface area contributed by atoms with Gasteiger partial charge in [-0.1, -0.05) is 40.7 Å². The normalized spacial score (nSPS) is 18.6. The van der Waals surface area contributed by atoms with Crippen LogP contribution < -0.4 is 19.5 Å². The lowest BCUT2D eigenvalue weighted by molar-refractivity contribution is 0.174. The van der Waals surface area contributed by atoms with Gasteiger partial charge in [0.05, 0.1) is 11.7 Å². The van der Waals surface area contributed by atoms with Crippen LogP contribution in [0.2, 0.25) is 0 Å². The second-order valence-electron chi connectivity index (χ2n) is 9.38. The van der Waals surface area contributed by atoms with Crippen LogP contribution in [0, 0.1) is 5.41 Å². The van der Waals surface area contributed by atoms with Crippen molar-refractivity contribution in [1.29, 1.82) is 0 Å². The molecule has 2 aliphatic heterocycles. The van der Waals surface area contributed by atoms with E-state index < -0.39 is 37.4 Å². The van der Waals surface area contributed by atoms with Crippen molar-refractivity contribution in [2.75, 3.05) is 25.2 Å². The Morgan fingerprint density at radius 1 is 1.24 bits per heavy atom. The molecule has 0 saturated heterocycles. The Hall–Kier alpha value is -2.88. The third-order valence-corrected chi connectivity index (χ3v) is 10.1. The molecule has 1 atom stereocenters. The Morgan fingerprint density at radius 3 is 2.57 bits per heavy atom. The molecule has 3 N–H and O–H groups in total. The molecule has 37 heavy (non-hydrogen) atoms. The maximum Gasteiger partial charge on any atom is 0.345 e. The summed E-state index contributed by atoms with van der Waals surface area (Å²) in [4.78, 5) is 4.69. The zero-order chi connectivity index (χ0) is 27.2. The van der Waals surface area contributed by atoms with Gasteiger partial charge in [0.15, 0.2) is 33.1 Å². The number of sulfonamides is 1. The molecule has 0 amide bonds. The molecule has 0 bridgehead atoms. The van der Waals surface area contributed by atoms with Crippen LogP contribution in [0.15, 0.2) is 37.2 Å². The van der Waals surface area contributed by atoms with Gasteiger partial charge < -0.3 is 19.9 Å². The van der Waals surface area contributed by atoms with Gasteiger partial charge in [-0.3, -0.25) is 4.99 Å². The van der Waals surface area contributed by atoms with E-state index in [9.17, 15) is 21.9 Å². The van der Waals surface area contributed by atoms with Crippen LogP contribution in [0.25, 0.3) is 0 Å². The summed E-state index contributed by atoms with van der Waals surface area (Å²) in [5.41, 5.74) is 0.312. The summed E-state index contributed by atoms with van der Waals surface area (Å²) in [6.45, 7) is 9.84. The van der Waals surface area contributed by atoms with E-state index in [1.165, 1.54) is 9.69 Å². The third kappa shape index (κ3) is 5.39. The van der Waals surface area contributed by atoms with Crippen LogP contribution in [0.1, 0.15) is 46.2 Å². The first kappa shape index (κ1) is 27.2. The summed E-state index contributed by atoms with van der Waals surface area (Å²) in [6, 6.07) is 4.87. The molecule has 12 nitrogen and oxygen atoms in total. The SMILES string of the molecule is CCN(CC)S(=O)(=O)c1scc(NC2=NS(=O)(=O)NC2=N[C@@H](c2ccc3c(c2)OCO3)C(C)(C)C)c1O. The first-order chi connectivity index (χ1) is 17.3. The highest BCUT2D eigenvalue weighted by atomic mass is 32.2. The van der Waals surface area contributed by atoms with Crippen LogP contribution in [-0.4, -0.2) is 57.8 Å². The quantitative estimate of drug-likeness (QED) is 0.457. The summed E-state index contributed by atoms with van der Waals surface area (Å²) >= 11 is 0.820. The Kier molecular flexibility index (Phi) is 7.18. The van der Waals surface area contributed by atoms with Crippen LogP contribution in [0.5, 0.6) is 17.2 Å². The molecular formula is C22H29N5O7S3. The Balaban J connectivity index is 1.70. The van der Waals surface area contributed by atoms with Gasteiger partial charge in [-0.25, -0.2) is 13.1 Å². The topological polar surface area (TPSA) is 159 Å². The lowest BCUT2D eigenvalue weighted by atomic mass is 9.82. The van der Waals surface area contributed by atoms with Gasteiger partial charge in [-0.05, 0) is 23.1 Å². The van der Waals surface area contributed by atoms with E-state index in [2.05, 4.69) is 19.4 Å². The fourth-order valence-corrected chi connectivity index (χ4v) is 7.57. The number of ether oxygens (including phenoxy) is 2. The molecule has 15 heteroatoms. The zero-order valence-corrected chi connectivity index (χ0v) is 23.4. The number of nitrogens with zero attached hydrogens (tertiary/aromatic N) is 3. The Bertz CT molecular complexity index is 1470. The number of thiophene rings is 1. The number of anilines is 1. The van der Waals surface area contributed by atoms with Crippen LogP contribution in [0.3, 0.4) is 0 Å². The minimum absolute atomic E-state index is 0.00327. The summed E-state index contributed by atoms with van der Waals surface area (Å²) in [7, 11) is -8.03. The van der Waals surface area contributed by atoms with E-state index in [1.54, 1.807) is 26.0 Å². The number of rotatable bonds is 7. The van der Waals surface area contributed by atoms with Crippen molar-refractivity contribution in [1.82, 2.24) is 9.03 Å². The number of nitrogens with one attached hydrogen (secondary N) is 2. The number of fused-ring (bicyclic) bond motifs is 1. The van der Waals surface area contributed by atoms with Gasteiger partial charge in [0.25, 0.3) is 10.0 Å². The van der Waals surface area contributed by atoms with Gasteiger partial charge in [-0.15, -0.1) is 15.7 Å². The van der Waals surface area contributed by atoms with Crippen molar-refractivity contribution in [2.24, 2.45) is 14.8 Å². The molecule has 1 aromatic carbocycles. The van der Waals surface area contributed by atoms with E-state index in [0.717, 1.165) is 16.9 Å². The molecule has 1 aromatic heterocycles. The largest absolute Gasteiger partial charge is 0.504 e. The summed E-state index contributed by atoms with van der Waals surface area (Å²) in [5.74, 6) is 0.409. The van der Waals surface area contributed by atoms with Gasteiger partial charge in [0.2, 0.25) is 6.79 Å². The molecule has 0 aliphatic carbocycles. The average Bonchev–Trinajstić information content (AvgIpc) is 3.49. The zero-order valence-electron chi connectivity index (χ0n) is 21.0. The number of hydrogen-bond donors (Lipinski definition) is 3. The van der Waals surface area contributed by atoms with Gasteiger partial charge in [0.1, 0.15) is 0 Å². The molecule has 202 valence electrons. The molecule has 0 unspecified atom stereocenters. The number of aliphatic imine (C=N–C) groups is 1. The highest BCUT2D eigenvalue weighted by Gasteiger charge is 2.34. The first-order valence-electron chi connectivity index (χ1n) is 11.4. The summed E-state index contributed by atoms with van der Waals surface area (Å²) in [5, 5.41) is 14.8.